The van der Waals surface area contributed by atoms with Crippen molar-refractivity contribution in [3.63, 3.8) is 0 Å². The van der Waals surface area contributed by atoms with Crippen LogP contribution < -0.4 is 0 Å². The molecule has 1 heterocycles. The molecule has 1 aromatic rings. The van der Waals surface area contributed by atoms with E-state index in [1.807, 2.05) is 6.07 Å². The van der Waals surface area contributed by atoms with E-state index in [1.165, 1.54) is 5.56 Å². The van der Waals surface area contributed by atoms with Crippen molar-refractivity contribution < 1.29 is 9.21 Å². The summed E-state index contributed by atoms with van der Waals surface area (Å²) < 4.78 is 5.45. The summed E-state index contributed by atoms with van der Waals surface area (Å²) in [6.45, 7) is 4.26. The van der Waals surface area contributed by atoms with Crippen LogP contribution in [0, 0.1) is 5.41 Å². The van der Waals surface area contributed by atoms with Crippen molar-refractivity contribution in [3.8, 4) is 0 Å². The van der Waals surface area contributed by atoms with Gasteiger partial charge in [0.05, 0.1) is 6.26 Å². The van der Waals surface area contributed by atoms with Crippen LogP contribution in [0.4, 0.5) is 0 Å². The zero-order chi connectivity index (χ0) is 10.2. The monoisotopic (exact) mass is 192 g/mol. The minimum atomic E-state index is 0.0457. The van der Waals surface area contributed by atoms with Crippen molar-refractivity contribution in [2.45, 2.75) is 39.5 Å². The Morgan fingerprint density at radius 2 is 2.07 bits per heavy atom. The normalized spacial score (nSPS) is 21.1. The lowest BCUT2D eigenvalue weighted by atomic mass is 9.79. The highest BCUT2D eigenvalue weighted by Crippen LogP contribution is 2.31. The molecule has 0 amide bonds. The molecule has 0 unspecified atom stereocenters. The van der Waals surface area contributed by atoms with Gasteiger partial charge in [0.25, 0.3) is 0 Å². The third-order valence-corrected chi connectivity index (χ3v) is 2.83. The number of hydrogen-bond donors (Lipinski definition) is 0. The Balaban J connectivity index is 2.31. The number of Topliss-reactive ketones (excluding diaryl/α,β-unsaturated/α-hetero) is 1. The van der Waals surface area contributed by atoms with Crippen LogP contribution in [0.5, 0.6) is 0 Å². The van der Waals surface area contributed by atoms with Gasteiger partial charge in [-0.25, -0.2) is 0 Å². The van der Waals surface area contributed by atoms with Gasteiger partial charge in [-0.05, 0) is 23.5 Å². The highest BCUT2D eigenvalue weighted by Gasteiger charge is 2.27. The van der Waals surface area contributed by atoms with Crippen LogP contribution in [-0.4, -0.2) is 5.78 Å². The molecule has 1 aliphatic carbocycles. The van der Waals surface area contributed by atoms with Crippen molar-refractivity contribution in [3.05, 3.63) is 23.7 Å². The Hall–Kier alpha value is -1.05. The molecule has 1 aliphatic rings. The molecule has 14 heavy (non-hydrogen) atoms. The molecule has 0 atom stereocenters. The number of carbonyl (C=O) groups is 1. The van der Waals surface area contributed by atoms with E-state index in [-0.39, 0.29) is 5.41 Å². The first-order valence-corrected chi connectivity index (χ1v) is 5.14. The highest BCUT2D eigenvalue weighted by atomic mass is 16.3. The molecule has 76 valence electrons. The molecule has 2 heteroatoms. The number of fused-ring (bicyclic) bond motifs is 1. The molecular formula is C12H16O2. The van der Waals surface area contributed by atoms with Crippen molar-refractivity contribution in [1.29, 1.82) is 0 Å². The quantitative estimate of drug-likeness (QED) is 0.632. The first kappa shape index (κ1) is 9.50. The van der Waals surface area contributed by atoms with Gasteiger partial charge in [-0.2, -0.15) is 0 Å². The van der Waals surface area contributed by atoms with Crippen molar-refractivity contribution >= 4 is 5.78 Å². The van der Waals surface area contributed by atoms with Gasteiger partial charge in [0.1, 0.15) is 11.5 Å². The fourth-order valence-corrected chi connectivity index (χ4v) is 2.14. The van der Waals surface area contributed by atoms with E-state index in [9.17, 15) is 4.79 Å². The number of aryl methyl sites for hydroxylation is 1. The third-order valence-electron chi connectivity index (χ3n) is 2.83. The molecule has 2 nitrogen and oxygen atoms in total. The van der Waals surface area contributed by atoms with Crippen LogP contribution in [0.15, 0.2) is 16.7 Å². The maximum Gasteiger partial charge on any atom is 0.133 e. The lowest BCUT2D eigenvalue weighted by Crippen LogP contribution is -2.22. The highest BCUT2D eigenvalue weighted by molar-refractivity contribution is 5.79. The van der Waals surface area contributed by atoms with Crippen LogP contribution in [0.1, 0.15) is 38.0 Å². The van der Waals surface area contributed by atoms with Crippen molar-refractivity contribution in [1.82, 2.24) is 0 Å². The van der Waals surface area contributed by atoms with Gasteiger partial charge in [0.15, 0.2) is 0 Å². The Labute approximate surface area is 84.3 Å². The fourth-order valence-electron chi connectivity index (χ4n) is 2.14. The molecule has 0 bridgehead atoms. The molecule has 0 spiro atoms. The Morgan fingerprint density at radius 1 is 1.29 bits per heavy atom. The molecule has 0 fully saturated rings. The second kappa shape index (κ2) is 3.26. The third kappa shape index (κ3) is 1.89. The summed E-state index contributed by atoms with van der Waals surface area (Å²) in [4.78, 5) is 11.6. The van der Waals surface area contributed by atoms with Crippen LogP contribution in [0.2, 0.25) is 0 Å². The van der Waals surface area contributed by atoms with E-state index in [0.29, 0.717) is 18.6 Å². The summed E-state index contributed by atoms with van der Waals surface area (Å²) >= 11 is 0. The van der Waals surface area contributed by atoms with E-state index in [4.69, 9.17) is 4.42 Å². The van der Waals surface area contributed by atoms with E-state index >= 15 is 0 Å². The Kier molecular flexibility index (Phi) is 2.22. The van der Waals surface area contributed by atoms with Gasteiger partial charge in [0, 0.05) is 19.3 Å². The summed E-state index contributed by atoms with van der Waals surface area (Å²) in [5.41, 5.74) is 1.26. The summed E-state index contributed by atoms with van der Waals surface area (Å²) in [7, 11) is 0. The molecule has 0 aliphatic heterocycles. The van der Waals surface area contributed by atoms with E-state index in [0.717, 1.165) is 18.6 Å². The van der Waals surface area contributed by atoms with Crippen LogP contribution in [0.25, 0.3) is 0 Å². The first-order valence-electron chi connectivity index (χ1n) is 5.14. The lowest BCUT2D eigenvalue weighted by molar-refractivity contribution is -0.121. The maximum absolute atomic E-state index is 11.6. The molecule has 0 saturated carbocycles. The summed E-state index contributed by atoms with van der Waals surface area (Å²) in [5, 5.41) is 0. The van der Waals surface area contributed by atoms with E-state index < -0.39 is 0 Å². The van der Waals surface area contributed by atoms with E-state index in [2.05, 4.69) is 13.8 Å². The number of rotatable bonds is 0. The van der Waals surface area contributed by atoms with Gasteiger partial charge >= 0.3 is 0 Å². The van der Waals surface area contributed by atoms with Gasteiger partial charge in [-0.1, -0.05) is 13.8 Å². The average Bonchev–Trinajstić information content (AvgIpc) is 2.44. The standard InChI is InChI=1S/C12H16O2/c1-12(2)7-10(13)4-3-9-5-6-14-11(9)8-12/h5-6H,3-4,7-8H2,1-2H3. The minimum absolute atomic E-state index is 0.0457. The van der Waals surface area contributed by atoms with Crippen LogP contribution >= 0.6 is 0 Å². The number of furan rings is 1. The summed E-state index contributed by atoms with van der Waals surface area (Å²) in [6, 6.07) is 1.99. The molecular weight excluding hydrogens is 176 g/mol. The number of hydrogen-bond acceptors (Lipinski definition) is 2. The minimum Gasteiger partial charge on any atom is -0.469 e. The van der Waals surface area contributed by atoms with Crippen LogP contribution in [0.3, 0.4) is 0 Å². The zero-order valence-electron chi connectivity index (χ0n) is 8.80. The first-order chi connectivity index (χ1) is 6.57. The lowest BCUT2D eigenvalue weighted by Gasteiger charge is -2.25. The van der Waals surface area contributed by atoms with Gasteiger partial charge in [-0.3, -0.25) is 4.79 Å². The second-order valence-corrected chi connectivity index (χ2v) is 4.93. The molecule has 2 rings (SSSR count). The molecule has 0 N–H and O–H groups in total. The second-order valence-electron chi connectivity index (χ2n) is 4.93. The largest absolute Gasteiger partial charge is 0.469 e. The summed E-state index contributed by atoms with van der Waals surface area (Å²) in [6.07, 6.45) is 4.79. The van der Waals surface area contributed by atoms with Crippen molar-refractivity contribution in [2.75, 3.05) is 0 Å². The van der Waals surface area contributed by atoms with Gasteiger partial charge in [0.2, 0.25) is 0 Å². The summed E-state index contributed by atoms with van der Waals surface area (Å²) in [5.74, 6) is 1.45. The van der Waals surface area contributed by atoms with E-state index in [1.54, 1.807) is 6.26 Å². The molecule has 0 saturated heterocycles. The number of ketones is 1. The predicted octanol–water partition coefficient (Wildman–Crippen LogP) is 2.75. The smallest absolute Gasteiger partial charge is 0.133 e. The van der Waals surface area contributed by atoms with Gasteiger partial charge in [-0.15, -0.1) is 0 Å². The zero-order valence-corrected chi connectivity index (χ0v) is 8.80. The molecule has 0 radical (unpaired) electrons. The topological polar surface area (TPSA) is 30.2 Å². The maximum atomic E-state index is 11.6. The van der Waals surface area contributed by atoms with Gasteiger partial charge < -0.3 is 4.42 Å². The Bertz CT molecular complexity index is 347. The van der Waals surface area contributed by atoms with Crippen molar-refractivity contribution in [2.24, 2.45) is 5.41 Å². The Morgan fingerprint density at radius 3 is 2.86 bits per heavy atom. The average molecular weight is 192 g/mol. The molecule has 1 aromatic heterocycles. The fraction of sp³-hybridized carbons (Fsp3) is 0.583. The predicted molar refractivity (Wildman–Crippen MR) is 54.1 cm³/mol. The number of carbonyl (C=O) groups excluding carboxylic acids is 1. The van der Waals surface area contributed by atoms with Crippen LogP contribution in [-0.2, 0) is 17.6 Å². The molecule has 0 aromatic carbocycles. The SMILES string of the molecule is CC1(C)CC(=O)CCc2ccoc2C1.